The lowest BCUT2D eigenvalue weighted by atomic mass is 10.1. The van der Waals surface area contributed by atoms with Crippen molar-refractivity contribution >= 4 is 0 Å². The Balaban J connectivity index is 1.53. The van der Waals surface area contributed by atoms with Crippen LogP contribution in [0.15, 0.2) is 42.6 Å². The van der Waals surface area contributed by atoms with Gasteiger partial charge in [0.25, 0.3) is 0 Å². The molecule has 3 heteroatoms. The van der Waals surface area contributed by atoms with Crippen LogP contribution in [0.1, 0.15) is 31.4 Å². The van der Waals surface area contributed by atoms with E-state index in [-0.39, 0.29) is 0 Å². The number of nitrogens with one attached hydrogen (secondary N) is 1. The zero-order valence-electron chi connectivity index (χ0n) is 11.3. The van der Waals surface area contributed by atoms with Crippen LogP contribution in [0.5, 0.6) is 0 Å². The third-order valence-corrected chi connectivity index (χ3v) is 3.88. The molecular weight excluding hydrogens is 234 g/mol. The second-order valence-electron chi connectivity index (χ2n) is 5.37. The summed E-state index contributed by atoms with van der Waals surface area (Å²) in [6.45, 7) is 2.01. The van der Waals surface area contributed by atoms with E-state index >= 15 is 0 Å². The average molecular weight is 255 g/mol. The van der Waals surface area contributed by atoms with E-state index in [1.54, 1.807) is 0 Å². The van der Waals surface area contributed by atoms with Gasteiger partial charge in [0.2, 0.25) is 0 Å². The summed E-state index contributed by atoms with van der Waals surface area (Å²) in [6, 6.07) is 12.3. The molecule has 1 aliphatic rings. The molecule has 3 nitrogen and oxygen atoms in total. The van der Waals surface area contributed by atoms with E-state index in [9.17, 15) is 0 Å². The minimum absolute atomic E-state index is 0.871. The van der Waals surface area contributed by atoms with Crippen molar-refractivity contribution in [3.63, 3.8) is 0 Å². The van der Waals surface area contributed by atoms with Crippen LogP contribution in [0.4, 0.5) is 0 Å². The molecule has 0 atom stereocenters. The van der Waals surface area contributed by atoms with Crippen molar-refractivity contribution in [3.05, 3.63) is 48.3 Å². The van der Waals surface area contributed by atoms with E-state index < -0.39 is 0 Å². The summed E-state index contributed by atoms with van der Waals surface area (Å²) >= 11 is 0. The highest BCUT2D eigenvalue weighted by atomic mass is 15.3. The molecule has 2 aromatic rings. The fourth-order valence-corrected chi connectivity index (χ4v) is 2.80. The first-order chi connectivity index (χ1) is 9.42. The SMILES string of the molecule is c1ccc(-n2ccc(CNCC3CCCC3)n2)cc1. The van der Waals surface area contributed by atoms with Crippen LogP contribution in [0, 0.1) is 5.92 Å². The van der Waals surface area contributed by atoms with Crippen LogP contribution in [-0.2, 0) is 6.54 Å². The van der Waals surface area contributed by atoms with Gasteiger partial charge in [-0.1, -0.05) is 31.0 Å². The van der Waals surface area contributed by atoms with Crippen LogP contribution >= 0.6 is 0 Å². The quantitative estimate of drug-likeness (QED) is 0.889. The zero-order chi connectivity index (χ0) is 12.9. The molecule has 0 saturated heterocycles. The number of benzene rings is 1. The van der Waals surface area contributed by atoms with Gasteiger partial charge < -0.3 is 5.32 Å². The lowest BCUT2D eigenvalue weighted by Crippen LogP contribution is -2.21. The van der Waals surface area contributed by atoms with E-state index in [0.29, 0.717) is 0 Å². The standard InChI is InChI=1S/C16H21N3/c1-2-8-16(9-3-1)19-11-10-15(18-19)13-17-12-14-6-4-5-7-14/h1-3,8-11,14,17H,4-7,12-13H2. The highest BCUT2D eigenvalue weighted by Gasteiger charge is 2.14. The third kappa shape index (κ3) is 3.24. The molecule has 100 valence electrons. The molecular formula is C16H21N3. The Morgan fingerprint density at radius 3 is 2.68 bits per heavy atom. The van der Waals surface area contributed by atoms with Crippen molar-refractivity contribution in [1.82, 2.24) is 15.1 Å². The average Bonchev–Trinajstić information content (AvgIpc) is 3.11. The molecule has 0 aliphatic heterocycles. The molecule has 0 amide bonds. The van der Waals surface area contributed by atoms with Crippen LogP contribution in [-0.4, -0.2) is 16.3 Å². The summed E-state index contributed by atoms with van der Waals surface area (Å²) in [5, 5.41) is 8.13. The predicted octanol–water partition coefficient (Wildman–Crippen LogP) is 3.15. The molecule has 0 radical (unpaired) electrons. The van der Waals surface area contributed by atoms with E-state index in [4.69, 9.17) is 0 Å². The van der Waals surface area contributed by atoms with Crippen LogP contribution in [0.25, 0.3) is 5.69 Å². The van der Waals surface area contributed by atoms with Gasteiger partial charge in [0.1, 0.15) is 0 Å². The van der Waals surface area contributed by atoms with Crippen molar-refractivity contribution < 1.29 is 0 Å². The van der Waals surface area contributed by atoms with Gasteiger partial charge in [-0.3, -0.25) is 0 Å². The molecule has 0 bridgehead atoms. The Bertz CT molecular complexity index is 498. The molecule has 19 heavy (non-hydrogen) atoms. The second kappa shape index (κ2) is 6.02. The first kappa shape index (κ1) is 12.4. The van der Waals surface area contributed by atoms with Gasteiger partial charge in [0.15, 0.2) is 0 Å². The van der Waals surface area contributed by atoms with Gasteiger partial charge in [-0.15, -0.1) is 0 Å². The Kier molecular flexibility index (Phi) is 3.94. The van der Waals surface area contributed by atoms with Crippen LogP contribution in [0.3, 0.4) is 0 Å². The zero-order valence-corrected chi connectivity index (χ0v) is 11.3. The van der Waals surface area contributed by atoms with E-state index in [1.807, 2.05) is 29.1 Å². The summed E-state index contributed by atoms with van der Waals surface area (Å²) in [7, 11) is 0. The van der Waals surface area contributed by atoms with Crippen molar-refractivity contribution in [2.45, 2.75) is 32.2 Å². The highest BCUT2D eigenvalue weighted by molar-refractivity contribution is 5.30. The monoisotopic (exact) mass is 255 g/mol. The maximum atomic E-state index is 4.60. The molecule has 1 fully saturated rings. The van der Waals surface area contributed by atoms with E-state index in [0.717, 1.165) is 30.4 Å². The molecule has 3 rings (SSSR count). The minimum atomic E-state index is 0.871. The molecule has 1 N–H and O–H groups in total. The largest absolute Gasteiger partial charge is 0.311 e. The van der Waals surface area contributed by atoms with Gasteiger partial charge in [0.05, 0.1) is 11.4 Å². The number of nitrogens with zero attached hydrogens (tertiary/aromatic N) is 2. The molecule has 1 saturated carbocycles. The number of aromatic nitrogens is 2. The summed E-state index contributed by atoms with van der Waals surface area (Å²) in [5.41, 5.74) is 2.23. The van der Waals surface area contributed by atoms with Gasteiger partial charge in [-0.25, -0.2) is 4.68 Å². The molecule has 1 heterocycles. The summed E-state index contributed by atoms with van der Waals surface area (Å²) in [5.74, 6) is 0.885. The smallest absolute Gasteiger partial charge is 0.0766 e. The van der Waals surface area contributed by atoms with Gasteiger partial charge in [-0.05, 0) is 43.5 Å². The molecule has 0 spiro atoms. The minimum Gasteiger partial charge on any atom is -0.311 e. The topological polar surface area (TPSA) is 29.9 Å². The second-order valence-corrected chi connectivity index (χ2v) is 5.37. The molecule has 1 aliphatic carbocycles. The Labute approximate surface area is 114 Å². The lowest BCUT2D eigenvalue weighted by Gasteiger charge is -2.09. The molecule has 1 aromatic carbocycles. The van der Waals surface area contributed by atoms with Crippen molar-refractivity contribution in [2.24, 2.45) is 5.92 Å². The Morgan fingerprint density at radius 1 is 1.11 bits per heavy atom. The first-order valence-electron chi connectivity index (χ1n) is 7.22. The maximum absolute atomic E-state index is 4.60. The Hall–Kier alpha value is -1.61. The van der Waals surface area contributed by atoms with E-state index in [1.165, 1.54) is 25.7 Å². The van der Waals surface area contributed by atoms with Gasteiger partial charge in [0, 0.05) is 12.7 Å². The van der Waals surface area contributed by atoms with Crippen molar-refractivity contribution in [2.75, 3.05) is 6.54 Å². The fourth-order valence-electron chi connectivity index (χ4n) is 2.80. The van der Waals surface area contributed by atoms with Crippen LogP contribution in [0.2, 0.25) is 0 Å². The Morgan fingerprint density at radius 2 is 1.89 bits per heavy atom. The third-order valence-electron chi connectivity index (χ3n) is 3.88. The normalized spacial score (nSPS) is 16.0. The first-order valence-corrected chi connectivity index (χ1v) is 7.22. The van der Waals surface area contributed by atoms with Crippen molar-refractivity contribution in [1.29, 1.82) is 0 Å². The van der Waals surface area contributed by atoms with Crippen LogP contribution < -0.4 is 5.32 Å². The van der Waals surface area contributed by atoms with Gasteiger partial charge >= 0.3 is 0 Å². The molecule has 0 unspecified atom stereocenters. The summed E-state index contributed by atoms with van der Waals surface area (Å²) in [4.78, 5) is 0. The lowest BCUT2D eigenvalue weighted by molar-refractivity contribution is 0.486. The fraction of sp³-hybridized carbons (Fsp3) is 0.438. The van der Waals surface area contributed by atoms with Gasteiger partial charge in [-0.2, -0.15) is 5.10 Å². The van der Waals surface area contributed by atoms with Crippen molar-refractivity contribution in [3.8, 4) is 5.69 Å². The molecule has 1 aromatic heterocycles. The van der Waals surface area contributed by atoms with E-state index in [2.05, 4.69) is 28.6 Å². The summed E-state index contributed by atoms with van der Waals surface area (Å²) in [6.07, 6.45) is 7.64. The maximum Gasteiger partial charge on any atom is 0.0766 e. The number of hydrogen-bond acceptors (Lipinski definition) is 2. The summed E-state index contributed by atoms with van der Waals surface area (Å²) < 4.78 is 1.94. The number of rotatable bonds is 5. The number of para-hydroxylation sites is 1. The highest BCUT2D eigenvalue weighted by Crippen LogP contribution is 2.23. The number of hydrogen-bond donors (Lipinski definition) is 1. The predicted molar refractivity (Wildman–Crippen MR) is 77.2 cm³/mol.